The second-order valence-electron chi connectivity index (χ2n) is 6.01. The third kappa shape index (κ3) is 4.45. The molecule has 21 heavy (non-hydrogen) atoms. The van der Waals surface area contributed by atoms with E-state index in [1.54, 1.807) is 0 Å². The molecule has 4 heteroatoms. The molecular weight excluding hydrogens is 284 g/mol. The zero-order chi connectivity index (χ0) is 14.5. The van der Waals surface area contributed by atoms with Gasteiger partial charge in [0.25, 0.3) is 0 Å². The zero-order valence-electron chi connectivity index (χ0n) is 13.0. The van der Waals surface area contributed by atoms with Crippen LogP contribution < -0.4 is 5.73 Å². The first kappa shape index (κ1) is 18.0. The monoisotopic (exact) mass is 310 g/mol. The van der Waals surface area contributed by atoms with Crippen LogP contribution in [-0.2, 0) is 4.79 Å². The van der Waals surface area contributed by atoms with Crippen LogP contribution >= 0.6 is 12.4 Å². The molecule has 1 amide bonds. The van der Waals surface area contributed by atoms with E-state index in [2.05, 4.69) is 19.1 Å². The van der Waals surface area contributed by atoms with Crippen LogP contribution in [0.4, 0.5) is 0 Å². The third-order valence-electron chi connectivity index (χ3n) is 4.49. The predicted molar refractivity (Wildman–Crippen MR) is 89.4 cm³/mol. The van der Waals surface area contributed by atoms with E-state index in [-0.39, 0.29) is 30.3 Å². The number of hydrogen-bond acceptors (Lipinski definition) is 2. The van der Waals surface area contributed by atoms with Gasteiger partial charge in [-0.15, -0.1) is 12.4 Å². The van der Waals surface area contributed by atoms with Gasteiger partial charge in [0.2, 0.25) is 5.91 Å². The summed E-state index contributed by atoms with van der Waals surface area (Å²) in [5, 5.41) is 0. The fourth-order valence-corrected chi connectivity index (χ4v) is 2.69. The van der Waals surface area contributed by atoms with Crippen LogP contribution in [0.25, 0.3) is 0 Å². The normalized spacial score (nSPS) is 17.3. The molecule has 0 aliphatic heterocycles. The van der Waals surface area contributed by atoms with Gasteiger partial charge in [0.15, 0.2) is 0 Å². The number of rotatable bonds is 6. The van der Waals surface area contributed by atoms with Gasteiger partial charge >= 0.3 is 0 Å². The molecule has 3 nitrogen and oxygen atoms in total. The van der Waals surface area contributed by atoms with Crippen LogP contribution in [-0.4, -0.2) is 23.9 Å². The average molecular weight is 311 g/mol. The molecule has 2 atom stereocenters. The lowest BCUT2D eigenvalue weighted by atomic mass is 9.84. The Hall–Kier alpha value is -1.06. The van der Waals surface area contributed by atoms with Crippen molar-refractivity contribution in [2.45, 2.75) is 39.2 Å². The van der Waals surface area contributed by atoms with E-state index < -0.39 is 0 Å². The number of amides is 1. The molecule has 1 aromatic carbocycles. The summed E-state index contributed by atoms with van der Waals surface area (Å²) in [5.74, 6) is 0.770. The Morgan fingerprint density at radius 3 is 2.38 bits per heavy atom. The lowest BCUT2D eigenvalue weighted by Gasteiger charge is -2.37. The predicted octanol–water partition coefficient (Wildman–Crippen LogP) is 3.39. The molecule has 2 rings (SSSR count). The summed E-state index contributed by atoms with van der Waals surface area (Å²) in [6.07, 6.45) is 3.81. The molecule has 0 aromatic heterocycles. The van der Waals surface area contributed by atoms with Gasteiger partial charge in [0.05, 0.1) is 6.04 Å². The summed E-state index contributed by atoms with van der Waals surface area (Å²) in [6, 6.07) is 10.4. The number of hydrogen-bond donors (Lipinski definition) is 1. The van der Waals surface area contributed by atoms with Gasteiger partial charge in [-0.3, -0.25) is 4.79 Å². The van der Waals surface area contributed by atoms with Crippen LogP contribution in [0.3, 0.4) is 0 Å². The maximum absolute atomic E-state index is 12.6. The maximum Gasteiger partial charge on any atom is 0.227 e. The van der Waals surface area contributed by atoms with E-state index in [1.165, 1.54) is 24.8 Å². The Labute approximate surface area is 134 Å². The Morgan fingerprint density at radius 1 is 1.29 bits per heavy atom. The first-order valence-corrected chi connectivity index (χ1v) is 7.69. The molecule has 1 fully saturated rings. The van der Waals surface area contributed by atoms with Crippen molar-refractivity contribution in [2.75, 3.05) is 13.1 Å². The molecule has 0 radical (unpaired) electrons. The van der Waals surface area contributed by atoms with Crippen molar-refractivity contribution in [3.63, 3.8) is 0 Å². The number of halogens is 1. The standard InChI is InChI=1S/C17H26N2O.ClH/c1-13(11-18)17(20)19(12-15-7-6-8-15)14(2)16-9-4-3-5-10-16;/h3-5,9-10,13-15H,6-8,11-12,18H2,1-2H3;1H. The van der Waals surface area contributed by atoms with E-state index in [1.807, 2.05) is 30.0 Å². The number of nitrogens with zero attached hydrogens (tertiary/aromatic N) is 1. The lowest BCUT2D eigenvalue weighted by Crippen LogP contribution is -2.43. The van der Waals surface area contributed by atoms with E-state index in [9.17, 15) is 4.79 Å². The number of nitrogens with two attached hydrogens (primary N) is 1. The second-order valence-corrected chi connectivity index (χ2v) is 6.01. The summed E-state index contributed by atoms with van der Waals surface area (Å²) in [4.78, 5) is 14.6. The van der Waals surface area contributed by atoms with E-state index in [4.69, 9.17) is 5.73 Å². The molecule has 1 saturated carbocycles. The van der Waals surface area contributed by atoms with E-state index in [0.29, 0.717) is 12.5 Å². The minimum atomic E-state index is -0.0961. The molecule has 0 saturated heterocycles. The Morgan fingerprint density at radius 2 is 1.90 bits per heavy atom. The number of benzene rings is 1. The van der Waals surface area contributed by atoms with Crippen LogP contribution in [0.1, 0.15) is 44.7 Å². The Kier molecular flexibility index (Phi) is 7.20. The fraction of sp³-hybridized carbons (Fsp3) is 0.588. The van der Waals surface area contributed by atoms with Gasteiger partial charge in [-0.2, -0.15) is 0 Å². The molecule has 0 bridgehead atoms. The van der Waals surface area contributed by atoms with Crippen LogP contribution in [0.2, 0.25) is 0 Å². The highest BCUT2D eigenvalue weighted by Gasteiger charge is 2.29. The molecule has 1 aliphatic rings. The molecule has 2 N–H and O–H groups in total. The van der Waals surface area contributed by atoms with Gasteiger partial charge in [0, 0.05) is 19.0 Å². The van der Waals surface area contributed by atoms with Crippen molar-refractivity contribution in [3.8, 4) is 0 Å². The van der Waals surface area contributed by atoms with Crippen molar-refractivity contribution < 1.29 is 4.79 Å². The van der Waals surface area contributed by atoms with Gasteiger partial charge in [-0.1, -0.05) is 43.7 Å². The minimum absolute atomic E-state index is 0. The van der Waals surface area contributed by atoms with Gasteiger partial charge in [0.1, 0.15) is 0 Å². The smallest absolute Gasteiger partial charge is 0.227 e. The lowest BCUT2D eigenvalue weighted by molar-refractivity contribution is -0.138. The molecule has 2 unspecified atom stereocenters. The highest BCUT2D eigenvalue weighted by Crippen LogP contribution is 2.31. The van der Waals surface area contributed by atoms with Crippen molar-refractivity contribution in [3.05, 3.63) is 35.9 Å². The number of carbonyl (C=O) groups excluding carboxylic acids is 1. The van der Waals surface area contributed by atoms with Crippen LogP contribution in [0.15, 0.2) is 30.3 Å². The molecule has 1 aromatic rings. The van der Waals surface area contributed by atoms with E-state index >= 15 is 0 Å². The number of carbonyl (C=O) groups is 1. The SMILES string of the molecule is CC(CN)C(=O)N(CC1CCC1)C(C)c1ccccc1.Cl. The largest absolute Gasteiger partial charge is 0.335 e. The van der Waals surface area contributed by atoms with E-state index in [0.717, 1.165) is 6.54 Å². The molecule has 0 spiro atoms. The summed E-state index contributed by atoms with van der Waals surface area (Å²) in [7, 11) is 0. The van der Waals surface area contributed by atoms with Crippen LogP contribution in [0, 0.1) is 11.8 Å². The molecular formula is C17H27ClN2O. The first-order valence-electron chi connectivity index (χ1n) is 7.69. The highest BCUT2D eigenvalue weighted by molar-refractivity contribution is 5.85. The molecule has 118 valence electrons. The summed E-state index contributed by atoms with van der Waals surface area (Å²) >= 11 is 0. The summed E-state index contributed by atoms with van der Waals surface area (Å²) < 4.78 is 0. The Bertz CT molecular complexity index is 434. The quantitative estimate of drug-likeness (QED) is 0.875. The zero-order valence-corrected chi connectivity index (χ0v) is 13.8. The fourth-order valence-electron chi connectivity index (χ4n) is 2.69. The van der Waals surface area contributed by atoms with Crippen LogP contribution in [0.5, 0.6) is 0 Å². The second kappa shape index (κ2) is 8.40. The first-order chi connectivity index (χ1) is 9.63. The van der Waals surface area contributed by atoms with Crippen molar-refractivity contribution >= 4 is 18.3 Å². The maximum atomic E-state index is 12.6. The van der Waals surface area contributed by atoms with Crippen molar-refractivity contribution in [1.29, 1.82) is 0 Å². The summed E-state index contributed by atoms with van der Waals surface area (Å²) in [6.45, 7) is 5.34. The summed E-state index contributed by atoms with van der Waals surface area (Å²) in [5.41, 5.74) is 6.88. The highest BCUT2D eigenvalue weighted by atomic mass is 35.5. The van der Waals surface area contributed by atoms with Crippen molar-refractivity contribution in [1.82, 2.24) is 4.90 Å². The third-order valence-corrected chi connectivity index (χ3v) is 4.49. The van der Waals surface area contributed by atoms with Gasteiger partial charge < -0.3 is 10.6 Å². The Balaban J connectivity index is 0.00000220. The average Bonchev–Trinajstić information content (AvgIpc) is 2.45. The van der Waals surface area contributed by atoms with Gasteiger partial charge in [-0.25, -0.2) is 0 Å². The molecule has 1 aliphatic carbocycles. The van der Waals surface area contributed by atoms with Crippen molar-refractivity contribution in [2.24, 2.45) is 17.6 Å². The topological polar surface area (TPSA) is 46.3 Å². The molecule has 0 heterocycles. The minimum Gasteiger partial charge on any atom is -0.335 e. The van der Waals surface area contributed by atoms with Gasteiger partial charge in [-0.05, 0) is 31.2 Å².